The summed E-state index contributed by atoms with van der Waals surface area (Å²) < 4.78 is 5.78. The lowest BCUT2D eigenvalue weighted by Crippen LogP contribution is -2.36. The zero-order chi connectivity index (χ0) is 21.3. The van der Waals surface area contributed by atoms with E-state index in [-0.39, 0.29) is 23.3 Å². The number of nitrogens with zero attached hydrogens (tertiary/aromatic N) is 2. The molecule has 2 heterocycles. The van der Waals surface area contributed by atoms with Gasteiger partial charge < -0.3 is 9.72 Å². The summed E-state index contributed by atoms with van der Waals surface area (Å²) in [5.74, 6) is 0.722. The SMILES string of the molecule is CCCc1[nH]nc2c(=O)[nH]c(-c3cc(C4CC(C(=O)NO)C4)ccc3OCC)nc12. The lowest BCUT2D eigenvalue weighted by atomic mass is 9.71. The molecular weight excluding hydrogens is 386 g/mol. The Kier molecular flexibility index (Phi) is 5.54. The summed E-state index contributed by atoms with van der Waals surface area (Å²) in [6.45, 7) is 4.44. The van der Waals surface area contributed by atoms with Gasteiger partial charge in [0.25, 0.3) is 5.56 Å². The van der Waals surface area contributed by atoms with Gasteiger partial charge in [0, 0.05) is 5.92 Å². The fourth-order valence-electron chi connectivity index (χ4n) is 3.97. The molecule has 4 N–H and O–H groups in total. The quantitative estimate of drug-likeness (QED) is 0.349. The highest BCUT2D eigenvalue weighted by molar-refractivity contribution is 5.80. The number of amides is 1. The molecule has 1 fully saturated rings. The van der Waals surface area contributed by atoms with Crippen molar-refractivity contribution in [1.82, 2.24) is 25.6 Å². The number of hydrogen-bond acceptors (Lipinski definition) is 6. The molecule has 0 bridgehead atoms. The minimum atomic E-state index is -0.350. The molecular formula is C21H25N5O4. The van der Waals surface area contributed by atoms with E-state index < -0.39 is 0 Å². The fourth-order valence-corrected chi connectivity index (χ4v) is 3.97. The number of aromatic amines is 2. The van der Waals surface area contributed by atoms with Gasteiger partial charge in [-0.25, -0.2) is 10.5 Å². The van der Waals surface area contributed by atoms with Gasteiger partial charge in [-0.3, -0.25) is 19.9 Å². The third-order valence-electron chi connectivity index (χ3n) is 5.63. The van der Waals surface area contributed by atoms with Crippen molar-refractivity contribution in [2.24, 2.45) is 5.92 Å². The lowest BCUT2D eigenvalue weighted by Gasteiger charge is -2.34. The van der Waals surface area contributed by atoms with Crippen LogP contribution in [0.2, 0.25) is 0 Å². The Morgan fingerprint density at radius 2 is 2.10 bits per heavy atom. The molecule has 1 amide bonds. The van der Waals surface area contributed by atoms with Crippen molar-refractivity contribution in [1.29, 1.82) is 0 Å². The summed E-state index contributed by atoms with van der Waals surface area (Å²) in [6, 6.07) is 5.82. The van der Waals surface area contributed by atoms with Gasteiger partial charge >= 0.3 is 0 Å². The van der Waals surface area contributed by atoms with Crippen LogP contribution in [-0.4, -0.2) is 37.9 Å². The van der Waals surface area contributed by atoms with Crippen molar-refractivity contribution < 1.29 is 14.7 Å². The normalized spacial score (nSPS) is 18.2. The highest BCUT2D eigenvalue weighted by Crippen LogP contribution is 2.43. The van der Waals surface area contributed by atoms with Gasteiger partial charge in [0.15, 0.2) is 5.52 Å². The highest BCUT2D eigenvalue weighted by Gasteiger charge is 2.35. The van der Waals surface area contributed by atoms with Crippen molar-refractivity contribution in [2.45, 2.75) is 45.4 Å². The maximum atomic E-state index is 12.6. The molecule has 3 aromatic rings. The van der Waals surface area contributed by atoms with E-state index in [1.54, 1.807) is 5.48 Å². The summed E-state index contributed by atoms with van der Waals surface area (Å²) in [7, 11) is 0. The van der Waals surface area contributed by atoms with E-state index in [1.807, 2.05) is 25.1 Å². The van der Waals surface area contributed by atoms with E-state index in [0.717, 1.165) is 24.1 Å². The largest absolute Gasteiger partial charge is 0.493 e. The molecule has 0 spiro atoms. The topological polar surface area (TPSA) is 133 Å². The van der Waals surface area contributed by atoms with Crippen LogP contribution in [0, 0.1) is 5.92 Å². The van der Waals surface area contributed by atoms with Gasteiger partial charge in [-0.15, -0.1) is 0 Å². The predicted octanol–water partition coefficient (Wildman–Crippen LogP) is 2.66. The van der Waals surface area contributed by atoms with Crippen LogP contribution in [-0.2, 0) is 11.2 Å². The van der Waals surface area contributed by atoms with Crippen LogP contribution < -0.4 is 15.8 Å². The summed E-state index contributed by atoms with van der Waals surface area (Å²) in [6.07, 6.45) is 2.97. The van der Waals surface area contributed by atoms with E-state index >= 15 is 0 Å². The number of carbonyl (C=O) groups is 1. The number of carbonyl (C=O) groups excluding carboxylic acids is 1. The zero-order valence-corrected chi connectivity index (χ0v) is 17.0. The summed E-state index contributed by atoms with van der Waals surface area (Å²) >= 11 is 0. The summed E-state index contributed by atoms with van der Waals surface area (Å²) in [4.78, 5) is 31.7. The monoisotopic (exact) mass is 411 g/mol. The number of rotatable bonds is 7. The second kappa shape index (κ2) is 8.27. The van der Waals surface area contributed by atoms with E-state index in [2.05, 4.69) is 22.1 Å². The number of H-pyrrole nitrogens is 2. The lowest BCUT2D eigenvalue weighted by molar-refractivity contribution is -0.136. The predicted molar refractivity (Wildman–Crippen MR) is 111 cm³/mol. The van der Waals surface area contributed by atoms with E-state index in [1.165, 1.54) is 0 Å². The number of aryl methyl sites for hydroxylation is 1. The van der Waals surface area contributed by atoms with E-state index in [0.29, 0.717) is 47.6 Å². The first-order valence-corrected chi connectivity index (χ1v) is 10.2. The molecule has 158 valence electrons. The van der Waals surface area contributed by atoms with Gasteiger partial charge in [-0.1, -0.05) is 19.4 Å². The van der Waals surface area contributed by atoms with Gasteiger partial charge in [0.05, 0.1) is 17.9 Å². The maximum absolute atomic E-state index is 12.6. The Balaban J connectivity index is 1.74. The first-order chi connectivity index (χ1) is 14.5. The number of fused-ring (bicyclic) bond motifs is 1. The first kappa shape index (κ1) is 20.1. The number of hydroxylamine groups is 1. The Bertz CT molecular complexity index is 1130. The van der Waals surface area contributed by atoms with Gasteiger partial charge in [0.2, 0.25) is 5.91 Å². The first-order valence-electron chi connectivity index (χ1n) is 10.2. The molecule has 30 heavy (non-hydrogen) atoms. The van der Waals surface area contributed by atoms with Crippen molar-refractivity contribution >= 4 is 16.9 Å². The van der Waals surface area contributed by atoms with Crippen molar-refractivity contribution in [3.63, 3.8) is 0 Å². The number of nitrogens with one attached hydrogen (secondary N) is 3. The molecule has 1 aromatic carbocycles. The standard InChI is InChI=1S/C21H25N5O4/c1-3-5-15-17-18(25-24-15)21(28)23-19(22-17)14-10-11(6-7-16(14)30-4-2)12-8-13(9-12)20(27)26-29/h6-7,10,12-13,29H,3-5,8-9H2,1-2H3,(H,24,25)(H,26,27)(H,22,23,28). The Labute approximate surface area is 172 Å². The Hall–Kier alpha value is -3.20. The van der Waals surface area contributed by atoms with Crippen molar-refractivity contribution in [3.8, 4) is 17.1 Å². The smallest absolute Gasteiger partial charge is 0.279 e. The molecule has 2 aromatic heterocycles. The minimum Gasteiger partial charge on any atom is -0.493 e. The van der Waals surface area contributed by atoms with Crippen LogP contribution >= 0.6 is 0 Å². The van der Waals surface area contributed by atoms with E-state index in [9.17, 15) is 9.59 Å². The van der Waals surface area contributed by atoms with Crippen LogP contribution in [0.5, 0.6) is 5.75 Å². The molecule has 1 saturated carbocycles. The third-order valence-corrected chi connectivity index (χ3v) is 5.63. The second-order valence-corrected chi connectivity index (χ2v) is 7.59. The number of hydrogen-bond donors (Lipinski definition) is 4. The maximum Gasteiger partial charge on any atom is 0.279 e. The van der Waals surface area contributed by atoms with Crippen molar-refractivity contribution in [2.75, 3.05) is 6.61 Å². The number of aromatic nitrogens is 4. The van der Waals surface area contributed by atoms with Crippen LogP contribution in [0.1, 0.15) is 50.3 Å². The van der Waals surface area contributed by atoms with Gasteiger partial charge in [0.1, 0.15) is 17.1 Å². The summed E-state index contributed by atoms with van der Waals surface area (Å²) in [5, 5.41) is 15.8. The molecule has 4 rings (SSSR count). The van der Waals surface area contributed by atoms with E-state index in [4.69, 9.17) is 14.9 Å². The van der Waals surface area contributed by atoms with Crippen molar-refractivity contribution in [3.05, 3.63) is 39.8 Å². The molecule has 0 atom stereocenters. The average molecular weight is 411 g/mol. The molecule has 1 aliphatic carbocycles. The summed E-state index contributed by atoms with van der Waals surface area (Å²) in [5.41, 5.74) is 4.88. The van der Waals surface area contributed by atoms with Crippen LogP contribution in [0.15, 0.2) is 23.0 Å². The molecule has 9 nitrogen and oxygen atoms in total. The molecule has 0 unspecified atom stereocenters. The van der Waals surface area contributed by atoms with Crippen LogP contribution in [0.3, 0.4) is 0 Å². The molecule has 0 saturated heterocycles. The Morgan fingerprint density at radius 3 is 2.80 bits per heavy atom. The molecule has 1 aliphatic rings. The van der Waals surface area contributed by atoms with Gasteiger partial charge in [-0.05, 0) is 49.8 Å². The molecule has 0 aliphatic heterocycles. The number of benzene rings is 1. The van der Waals surface area contributed by atoms with Crippen LogP contribution in [0.4, 0.5) is 0 Å². The minimum absolute atomic E-state index is 0.188. The van der Waals surface area contributed by atoms with Crippen LogP contribution in [0.25, 0.3) is 22.4 Å². The third kappa shape index (κ3) is 3.56. The number of ether oxygens (including phenoxy) is 1. The fraction of sp³-hybridized carbons (Fsp3) is 0.429. The highest BCUT2D eigenvalue weighted by atomic mass is 16.5. The van der Waals surface area contributed by atoms with Gasteiger partial charge in [-0.2, -0.15) is 5.10 Å². The Morgan fingerprint density at radius 1 is 1.30 bits per heavy atom. The second-order valence-electron chi connectivity index (χ2n) is 7.59. The average Bonchev–Trinajstić information content (AvgIpc) is 3.11. The molecule has 0 radical (unpaired) electrons. The molecule has 9 heteroatoms. The zero-order valence-electron chi connectivity index (χ0n) is 17.0.